The molecule has 1 aliphatic rings. The highest BCUT2D eigenvalue weighted by Crippen LogP contribution is 2.41. The van der Waals surface area contributed by atoms with E-state index in [9.17, 15) is 9.18 Å². The number of hydrogen-bond acceptors (Lipinski definition) is 6. The third kappa shape index (κ3) is 4.05. The van der Waals surface area contributed by atoms with E-state index in [1.54, 1.807) is 36.5 Å². The molecule has 0 amide bonds. The molecular weight excluding hydrogens is 395 g/mol. The van der Waals surface area contributed by atoms with E-state index in [1.165, 1.54) is 35.2 Å². The lowest BCUT2D eigenvalue weighted by Gasteiger charge is -2.07. The van der Waals surface area contributed by atoms with Crippen molar-refractivity contribution in [3.05, 3.63) is 87.0 Å². The van der Waals surface area contributed by atoms with Gasteiger partial charge in [0.05, 0.1) is 9.95 Å². The number of nitrogens with one attached hydrogen (secondary N) is 1. The van der Waals surface area contributed by atoms with Crippen molar-refractivity contribution in [1.29, 1.82) is 5.41 Å². The van der Waals surface area contributed by atoms with E-state index in [2.05, 4.69) is 4.98 Å². The predicted molar refractivity (Wildman–Crippen MR) is 110 cm³/mol. The van der Waals surface area contributed by atoms with Gasteiger partial charge in [-0.3, -0.25) is 10.2 Å². The Morgan fingerprint density at radius 3 is 2.75 bits per heavy atom. The number of rotatable bonds is 5. The van der Waals surface area contributed by atoms with Crippen molar-refractivity contribution in [2.75, 3.05) is 0 Å². The number of nitrogens with zero attached hydrogens (tertiary/aromatic N) is 1. The van der Waals surface area contributed by atoms with Crippen LogP contribution in [0, 0.1) is 11.2 Å². The van der Waals surface area contributed by atoms with Gasteiger partial charge in [-0.05, 0) is 41.5 Å². The summed E-state index contributed by atoms with van der Waals surface area (Å²) in [7, 11) is 0. The van der Waals surface area contributed by atoms with Gasteiger partial charge in [0, 0.05) is 11.6 Å². The van der Waals surface area contributed by atoms with E-state index >= 15 is 0 Å². The van der Waals surface area contributed by atoms with E-state index in [4.69, 9.17) is 10.1 Å². The van der Waals surface area contributed by atoms with Crippen molar-refractivity contribution >= 4 is 40.0 Å². The van der Waals surface area contributed by atoms with Crippen LogP contribution in [0.5, 0.6) is 5.75 Å². The minimum Gasteiger partial charge on any atom is -0.489 e. The second-order valence-corrected chi connectivity index (χ2v) is 8.14. The molecule has 3 aromatic rings. The van der Waals surface area contributed by atoms with Crippen molar-refractivity contribution < 1.29 is 13.9 Å². The molecule has 1 unspecified atom stereocenters. The Balaban J connectivity index is 1.44. The van der Waals surface area contributed by atoms with Crippen molar-refractivity contribution in [3.8, 4) is 5.75 Å². The normalized spacial score (nSPS) is 18.0. The number of ketones is 1. The number of carbonyl (C=O) groups is 1. The molecule has 2 heterocycles. The summed E-state index contributed by atoms with van der Waals surface area (Å²) in [6, 6.07) is 13.6. The summed E-state index contributed by atoms with van der Waals surface area (Å²) >= 11 is 2.57. The Bertz CT molecular complexity index is 1050. The number of hydrogen-bond donors (Lipinski definition) is 1. The summed E-state index contributed by atoms with van der Waals surface area (Å²) in [5.41, 5.74) is 1.60. The van der Waals surface area contributed by atoms with Crippen LogP contribution >= 0.6 is 23.1 Å². The van der Waals surface area contributed by atoms with Crippen LogP contribution in [0.25, 0.3) is 6.08 Å². The molecule has 1 saturated heterocycles. The van der Waals surface area contributed by atoms with E-state index in [0.717, 1.165) is 11.1 Å². The molecule has 0 radical (unpaired) electrons. The topological polar surface area (TPSA) is 63.0 Å². The number of Topliss-reactive ketones (excluding diaryl/α,β-unsaturated/α-hetero) is 1. The molecule has 0 spiro atoms. The van der Waals surface area contributed by atoms with Crippen molar-refractivity contribution in [2.45, 2.75) is 12.5 Å². The number of allylic oxidation sites excluding steroid dienone is 1. The number of aromatic nitrogens is 1. The standard InChI is InChI=1S/C21H15FN2O2S2/c22-15-3-1-2-14(10-15)12-26-16-6-4-13(5-7-16)11-17-19(25)18(20(23)28-17)21-24-8-9-27-21/h1-11,18,23H,12H2. The van der Waals surface area contributed by atoms with E-state index < -0.39 is 5.92 Å². The lowest BCUT2D eigenvalue weighted by Crippen LogP contribution is -2.11. The number of thioether (sulfide) groups is 1. The maximum atomic E-state index is 13.2. The van der Waals surface area contributed by atoms with Crippen LogP contribution in [0.3, 0.4) is 0 Å². The molecule has 1 N–H and O–H groups in total. The average Bonchev–Trinajstić information content (AvgIpc) is 3.29. The molecule has 0 saturated carbocycles. The second-order valence-electron chi connectivity index (χ2n) is 6.13. The average molecular weight is 410 g/mol. The van der Waals surface area contributed by atoms with Gasteiger partial charge in [-0.1, -0.05) is 36.0 Å². The summed E-state index contributed by atoms with van der Waals surface area (Å²) in [4.78, 5) is 17.4. The van der Waals surface area contributed by atoms with E-state index in [0.29, 0.717) is 20.7 Å². The SMILES string of the molecule is N=C1SC(=Cc2ccc(OCc3cccc(F)c3)cc2)C(=O)C1c1nccs1. The van der Waals surface area contributed by atoms with Gasteiger partial charge in [-0.2, -0.15) is 0 Å². The molecule has 2 aromatic carbocycles. The third-order valence-corrected chi connectivity index (χ3v) is 5.99. The number of benzene rings is 2. The Morgan fingerprint density at radius 2 is 2.04 bits per heavy atom. The first-order chi connectivity index (χ1) is 13.6. The Labute approximate surface area is 169 Å². The summed E-state index contributed by atoms with van der Waals surface area (Å²) in [6.45, 7) is 0.277. The summed E-state index contributed by atoms with van der Waals surface area (Å²) in [5.74, 6) is -0.296. The molecule has 140 valence electrons. The molecule has 7 heteroatoms. The minimum absolute atomic E-state index is 0.0867. The fraction of sp³-hybridized carbons (Fsp3) is 0.0952. The number of halogens is 1. The van der Waals surface area contributed by atoms with Crippen LogP contribution in [0.4, 0.5) is 4.39 Å². The Kier molecular flexibility index (Phi) is 5.36. The van der Waals surface area contributed by atoms with Gasteiger partial charge in [0.15, 0.2) is 5.78 Å². The van der Waals surface area contributed by atoms with Crippen LogP contribution in [0.2, 0.25) is 0 Å². The van der Waals surface area contributed by atoms with Gasteiger partial charge >= 0.3 is 0 Å². The quantitative estimate of drug-likeness (QED) is 0.582. The smallest absolute Gasteiger partial charge is 0.186 e. The van der Waals surface area contributed by atoms with Crippen LogP contribution in [0.15, 0.2) is 65.0 Å². The van der Waals surface area contributed by atoms with E-state index in [-0.39, 0.29) is 18.2 Å². The predicted octanol–water partition coefficient (Wildman–Crippen LogP) is 5.28. The first-order valence-electron chi connectivity index (χ1n) is 8.49. The van der Waals surface area contributed by atoms with Crippen molar-refractivity contribution in [1.82, 2.24) is 4.98 Å². The molecule has 1 aromatic heterocycles. The summed E-state index contributed by atoms with van der Waals surface area (Å²) < 4.78 is 18.9. The van der Waals surface area contributed by atoms with E-state index in [1.807, 2.05) is 17.5 Å². The molecule has 4 nitrogen and oxygen atoms in total. The summed E-state index contributed by atoms with van der Waals surface area (Å²) in [6.07, 6.45) is 3.43. The second kappa shape index (κ2) is 8.08. The molecule has 4 rings (SSSR count). The number of ether oxygens (including phenoxy) is 1. The molecule has 1 atom stereocenters. The van der Waals surface area contributed by atoms with Crippen molar-refractivity contribution in [3.63, 3.8) is 0 Å². The van der Waals surface area contributed by atoms with Crippen LogP contribution in [-0.2, 0) is 11.4 Å². The highest BCUT2D eigenvalue weighted by atomic mass is 32.2. The maximum absolute atomic E-state index is 13.2. The molecule has 28 heavy (non-hydrogen) atoms. The Hall–Kier alpha value is -2.77. The first-order valence-corrected chi connectivity index (χ1v) is 10.2. The lowest BCUT2D eigenvalue weighted by atomic mass is 10.1. The van der Waals surface area contributed by atoms with Gasteiger partial charge in [0.2, 0.25) is 0 Å². The first kappa shape index (κ1) is 18.6. The molecular formula is C21H15FN2O2S2. The van der Waals surface area contributed by atoms with Crippen LogP contribution < -0.4 is 4.74 Å². The fourth-order valence-corrected chi connectivity index (χ4v) is 4.60. The zero-order chi connectivity index (χ0) is 19.5. The monoisotopic (exact) mass is 410 g/mol. The maximum Gasteiger partial charge on any atom is 0.186 e. The molecule has 0 bridgehead atoms. The summed E-state index contributed by atoms with van der Waals surface area (Å²) in [5, 5.41) is 10.9. The highest BCUT2D eigenvalue weighted by molar-refractivity contribution is 8.19. The van der Waals surface area contributed by atoms with Gasteiger partial charge in [0.25, 0.3) is 0 Å². The lowest BCUT2D eigenvalue weighted by molar-refractivity contribution is -0.114. The third-order valence-electron chi connectivity index (χ3n) is 4.16. The van der Waals surface area contributed by atoms with Gasteiger partial charge in [-0.15, -0.1) is 11.3 Å². The highest BCUT2D eigenvalue weighted by Gasteiger charge is 2.38. The van der Waals surface area contributed by atoms with Gasteiger partial charge in [0.1, 0.15) is 29.1 Å². The molecule has 1 fully saturated rings. The fourth-order valence-electron chi connectivity index (χ4n) is 2.80. The van der Waals surface area contributed by atoms with Gasteiger partial charge in [-0.25, -0.2) is 9.37 Å². The van der Waals surface area contributed by atoms with Gasteiger partial charge < -0.3 is 4.74 Å². The number of carbonyl (C=O) groups excluding carboxylic acids is 1. The van der Waals surface area contributed by atoms with Crippen LogP contribution in [0.1, 0.15) is 22.1 Å². The molecule has 1 aliphatic heterocycles. The number of thiazole rings is 1. The minimum atomic E-state index is -0.579. The molecule has 0 aliphatic carbocycles. The van der Waals surface area contributed by atoms with Crippen LogP contribution in [-0.4, -0.2) is 15.8 Å². The Morgan fingerprint density at radius 1 is 1.21 bits per heavy atom. The zero-order valence-electron chi connectivity index (χ0n) is 14.6. The largest absolute Gasteiger partial charge is 0.489 e. The van der Waals surface area contributed by atoms with Crippen molar-refractivity contribution in [2.24, 2.45) is 0 Å². The zero-order valence-corrected chi connectivity index (χ0v) is 16.2.